The highest BCUT2D eigenvalue weighted by molar-refractivity contribution is 9.10. The highest BCUT2D eigenvalue weighted by atomic mass is 79.9. The van der Waals surface area contributed by atoms with Crippen LogP contribution >= 0.6 is 15.9 Å². The first-order chi connectivity index (χ1) is 9.04. The van der Waals surface area contributed by atoms with Crippen LogP contribution in [-0.4, -0.2) is 23.0 Å². The molecule has 4 nitrogen and oxygen atoms in total. The minimum absolute atomic E-state index is 0.186. The highest BCUT2D eigenvalue weighted by Crippen LogP contribution is 2.15. The zero-order valence-electron chi connectivity index (χ0n) is 10.5. The second-order valence-corrected chi connectivity index (χ2v) is 5.32. The zero-order chi connectivity index (χ0) is 13.8. The first-order valence-corrected chi connectivity index (χ1v) is 6.57. The van der Waals surface area contributed by atoms with Crippen LogP contribution in [0.1, 0.15) is 21.7 Å². The van der Waals surface area contributed by atoms with Gasteiger partial charge in [-0.15, -0.1) is 0 Å². The summed E-state index contributed by atoms with van der Waals surface area (Å²) < 4.78 is 6.27. The quantitative estimate of drug-likeness (QED) is 0.916. The third-order valence-corrected chi connectivity index (χ3v) is 3.16. The number of carboxylic acid groups (broad SMARTS) is 1. The fourth-order valence-corrected chi connectivity index (χ4v) is 2.29. The van der Waals surface area contributed by atoms with Crippen LogP contribution in [0.5, 0.6) is 0 Å². The van der Waals surface area contributed by atoms with Crippen LogP contribution < -0.4 is 0 Å². The van der Waals surface area contributed by atoms with Crippen LogP contribution in [0.2, 0.25) is 0 Å². The van der Waals surface area contributed by atoms with Crippen molar-refractivity contribution in [1.29, 1.82) is 0 Å². The van der Waals surface area contributed by atoms with E-state index in [1.54, 1.807) is 6.07 Å². The fraction of sp³-hybridized carbons (Fsp3) is 0.214. The first-order valence-electron chi connectivity index (χ1n) is 5.78. The molecule has 0 fully saturated rings. The Morgan fingerprint density at radius 3 is 2.79 bits per heavy atom. The molecule has 0 atom stereocenters. The Kier molecular flexibility index (Phi) is 4.39. The maximum Gasteiger partial charge on any atom is 0.338 e. The minimum atomic E-state index is -0.968. The lowest BCUT2D eigenvalue weighted by Crippen LogP contribution is -2.16. The molecule has 0 amide bonds. The van der Waals surface area contributed by atoms with E-state index in [0.717, 1.165) is 11.0 Å². The summed E-state index contributed by atoms with van der Waals surface area (Å²) in [6.07, 6.45) is 1.27. The summed E-state index contributed by atoms with van der Waals surface area (Å²) in [6.45, 7) is 1.34. The largest absolute Gasteiger partial charge is 0.478 e. The molecule has 1 aromatic carbocycles. The van der Waals surface area contributed by atoms with Gasteiger partial charge in [-0.2, -0.15) is 0 Å². The monoisotopic (exact) mass is 323 g/mol. The third-order valence-electron chi connectivity index (χ3n) is 2.67. The molecule has 0 saturated carbocycles. The summed E-state index contributed by atoms with van der Waals surface area (Å²) in [6, 6.07) is 9.63. The first kappa shape index (κ1) is 13.8. The summed E-state index contributed by atoms with van der Waals surface area (Å²) in [4.78, 5) is 12.8. The smallest absolute Gasteiger partial charge is 0.338 e. The summed E-state index contributed by atoms with van der Waals surface area (Å²) in [5.74, 6) is -0.320. The van der Waals surface area contributed by atoms with E-state index in [1.807, 2.05) is 25.2 Å². The Balaban J connectivity index is 1.97. The van der Waals surface area contributed by atoms with Crippen LogP contribution in [0, 0.1) is 0 Å². The molecular weight excluding hydrogens is 310 g/mol. The Bertz CT molecular complexity index is 580. The van der Waals surface area contributed by atoms with Crippen molar-refractivity contribution >= 4 is 21.9 Å². The molecule has 19 heavy (non-hydrogen) atoms. The average molecular weight is 324 g/mol. The van der Waals surface area contributed by atoms with Crippen LogP contribution in [-0.2, 0) is 13.1 Å². The maximum absolute atomic E-state index is 10.7. The van der Waals surface area contributed by atoms with Gasteiger partial charge in [-0.3, -0.25) is 4.90 Å². The normalized spacial score (nSPS) is 10.9. The van der Waals surface area contributed by atoms with E-state index in [1.165, 1.54) is 11.8 Å². The van der Waals surface area contributed by atoms with Crippen molar-refractivity contribution in [3.63, 3.8) is 0 Å². The van der Waals surface area contributed by atoms with Crippen molar-refractivity contribution in [2.75, 3.05) is 7.05 Å². The van der Waals surface area contributed by atoms with Crippen molar-refractivity contribution in [2.45, 2.75) is 13.1 Å². The van der Waals surface area contributed by atoms with Crippen LogP contribution in [0.15, 0.2) is 45.5 Å². The van der Waals surface area contributed by atoms with Gasteiger partial charge in [-0.1, -0.05) is 28.1 Å². The van der Waals surface area contributed by atoms with E-state index in [4.69, 9.17) is 9.52 Å². The van der Waals surface area contributed by atoms with Gasteiger partial charge in [-0.25, -0.2) is 4.79 Å². The van der Waals surface area contributed by atoms with Crippen molar-refractivity contribution in [3.8, 4) is 0 Å². The Morgan fingerprint density at radius 2 is 2.16 bits per heavy atom. The molecule has 1 heterocycles. The number of nitrogens with zero attached hydrogens (tertiary/aromatic N) is 1. The van der Waals surface area contributed by atoms with E-state index in [0.29, 0.717) is 12.3 Å². The van der Waals surface area contributed by atoms with E-state index in [9.17, 15) is 4.79 Å². The number of halogens is 1. The van der Waals surface area contributed by atoms with Gasteiger partial charge < -0.3 is 9.52 Å². The lowest BCUT2D eigenvalue weighted by molar-refractivity contribution is 0.0696. The van der Waals surface area contributed by atoms with Gasteiger partial charge in [0.1, 0.15) is 12.0 Å². The Labute approximate surface area is 119 Å². The SMILES string of the molecule is CN(Cc1cccc(Br)c1)Cc1cc(C(=O)O)co1. The fourth-order valence-electron chi connectivity index (χ4n) is 1.84. The van der Waals surface area contributed by atoms with Crippen molar-refractivity contribution in [2.24, 2.45) is 0 Å². The second kappa shape index (κ2) is 6.04. The van der Waals surface area contributed by atoms with Gasteiger partial charge in [0.05, 0.1) is 12.1 Å². The number of carboxylic acids is 1. The number of furan rings is 1. The van der Waals surface area contributed by atoms with Gasteiger partial charge >= 0.3 is 5.97 Å². The molecule has 0 aliphatic rings. The predicted octanol–water partition coefficient (Wildman–Crippen LogP) is 3.37. The topological polar surface area (TPSA) is 53.7 Å². The number of carbonyl (C=O) groups is 1. The molecule has 1 N–H and O–H groups in total. The van der Waals surface area contributed by atoms with Gasteiger partial charge in [0.25, 0.3) is 0 Å². The molecule has 2 rings (SSSR count). The predicted molar refractivity (Wildman–Crippen MR) is 75.0 cm³/mol. The summed E-state index contributed by atoms with van der Waals surface area (Å²) in [5, 5.41) is 8.82. The van der Waals surface area contributed by atoms with Crippen LogP contribution in [0.25, 0.3) is 0 Å². The van der Waals surface area contributed by atoms with Gasteiger partial charge in [-0.05, 0) is 30.8 Å². The molecule has 2 aromatic rings. The minimum Gasteiger partial charge on any atom is -0.478 e. The van der Waals surface area contributed by atoms with Crippen molar-refractivity contribution in [1.82, 2.24) is 4.90 Å². The highest BCUT2D eigenvalue weighted by Gasteiger charge is 2.10. The number of hydrogen-bond acceptors (Lipinski definition) is 3. The van der Waals surface area contributed by atoms with E-state index < -0.39 is 5.97 Å². The molecule has 0 unspecified atom stereocenters. The van der Waals surface area contributed by atoms with Crippen molar-refractivity contribution < 1.29 is 14.3 Å². The molecule has 0 bridgehead atoms. The molecular formula is C14H14BrNO3. The Hall–Kier alpha value is -1.59. The summed E-state index contributed by atoms with van der Waals surface area (Å²) >= 11 is 3.44. The lowest BCUT2D eigenvalue weighted by Gasteiger charge is -2.15. The number of benzene rings is 1. The molecule has 0 spiro atoms. The standard InChI is InChI=1S/C14H14BrNO3/c1-16(7-10-3-2-4-12(15)5-10)8-13-6-11(9-19-13)14(17)18/h2-6,9H,7-8H2,1H3,(H,17,18). The third kappa shape index (κ3) is 3.94. The van der Waals surface area contributed by atoms with Gasteiger partial charge in [0, 0.05) is 11.0 Å². The zero-order valence-corrected chi connectivity index (χ0v) is 12.1. The molecule has 100 valence electrons. The maximum atomic E-state index is 10.7. The lowest BCUT2D eigenvalue weighted by atomic mass is 10.2. The molecule has 5 heteroatoms. The summed E-state index contributed by atoms with van der Waals surface area (Å²) in [5.41, 5.74) is 1.37. The summed E-state index contributed by atoms with van der Waals surface area (Å²) in [7, 11) is 1.96. The number of rotatable bonds is 5. The van der Waals surface area contributed by atoms with Gasteiger partial charge in [0.15, 0.2) is 0 Å². The van der Waals surface area contributed by atoms with Crippen LogP contribution in [0.4, 0.5) is 0 Å². The molecule has 1 aromatic heterocycles. The molecule has 0 aliphatic carbocycles. The molecule has 0 aliphatic heterocycles. The second-order valence-electron chi connectivity index (χ2n) is 4.41. The van der Waals surface area contributed by atoms with Crippen molar-refractivity contribution in [3.05, 3.63) is 58.0 Å². The number of aromatic carboxylic acids is 1. The van der Waals surface area contributed by atoms with Crippen LogP contribution in [0.3, 0.4) is 0 Å². The van der Waals surface area contributed by atoms with E-state index in [-0.39, 0.29) is 5.56 Å². The number of hydrogen-bond donors (Lipinski definition) is 1. The van der Waals surface area contributed by atoms with E-state index in [2.05, 4.69) is 26.9 Å². The molecule has 0 saturated heterocycles. The molecule has 0 radical (unpaired) electrons. The Morgan fingerprint density at radius 1 is 1.37 bits per heavy atom. The van der Waals surface area contributed by atoms with Gasteiger partial charge in [0.2, 0.25) is 0 Å². The van der Waals surface area contributed by atoms with E-state index >= 15 is 0 Å². The average Bonchev–Trinajstić information content (AvgIpc) is 2.77.